The van der Waals surface area contributed by atoms with Gasteiger partial charge in [-0.1, -0.05) is 0 Å². The van der Waals surface area contributed by atoms with E-state index >= 15 is 0 Å². The van der Waals surface area contributed by atoms with Gasteiger partial charge < -0.3 is 20.7 Å². The fraction of sp³-hybridized carbons (Fsp3) is 0.550. The molecule has 182 valence electrons. The summed E-state index contributed by atoms with van der Waals surface area (Å²) in [5.41, 5.74) is 2.77. The zero-order chi connectivity index (χ0) is 24.9. The van der Waals surface area contributed by atoms with E-state index in [0.29, 0.717) is 12.8 Å². The summed E-state index contributed by atoms with van der Waals surface area (Å²) >= 11 is 0. The number of nitrogens with one attached hydrogen (secondary N) is 1. The number of fused-ring (bicyclic) bond motifs is 1. The van der Waals surface area contributed by atoms with Gasteiger partial charge in [0.05, 0.1) is 12.2 Å². The number of rotatable bonds is 6. The third kappa shape index (κ3) is 4.71. The standard InChI is InChI=1S/C20H21F6N3O4/c1-18(2,16(27)31)17(32)29(8-19(22,23)20(24,25)26)13-14(9-3-4-9)33-12-6-5-10(21)7-11(12)28-15(13)30/h5-7,9,13-14H,3-4,8H2,1-2H3,(H2,27,31)(H,28,30)/t13-,14+/m1/s1. The summed E-state index contributed by atoms with van der Waals surface area (Å²) in [7, 11) is 0. The summed E-state index contributed by atoms with van der Waals surface area (Å²) in [6.07, 6.45) is -6.48. The van der Waals surface area contributed by atoms with E-state index in [1.807, 2.05) is 0 Å². The number of hydrogen-bond acceptors (Lipinski definition) is 4. The third-order valence-corrected chi connectivity index (χ3v) is 5.66. The molecule has 1 saturated carbocycles. The topological polar surface area (TPSA) is 102 Å². The Hall–Kier alpha value is -2.99. The number of halogens is 6. The van der Waals surface area contributed by atoms with Gasteiger partial charge in [0.1, 0.15) is 29.1 Å². The van der Waals surface area contributed by atoms with Crippen LogP contribution in [0.3, 0.4) is 0 Å². The van der Waals surface area contributed by atoms with E-state index in [0.717, 1.165) is 32.0 Å². The highest BCUT2D eigenvalue weighted by Crippen LogP contribution is 2.43. The minimum Gasteiger partial charge on any atom is -0.485 e. The molecule has 1 aliphatic carbocycles. The molecule has 0 spiro atoms. The van der Waals surface area contributed by atoms with Crippen molar-refractivity contribution in [2.45, 2.75) is 50.9 Å². The van der Waals surface area contributed by atoms with Crippen LogP contribution >= 0.6 is 0 Å². The molecule has 2 aliphatic rings. The first-order valence-electron chi connectivity index (χ1n) is 9.89. The quantitative estimate of drug-likeness (QED) is 0.482. The van der Waals surface area contributed by atoms with E-state index in [-0.39, 0.29) is 16.3 Å². The van der Waals surface area contributed by atoms with Gasteiger partial charge >= 0.3 is 12.1 Å². The normalized spacial score (nSPS) is 21.4. The highest BCUT2D eigenvalue weighted by atomic mass is 19.4. The number of anilines is 1. The number of primary amides is 1. The Bertz CT molecular complexity index is 977. The summed E-state index contributed by atoms with van der Waals surface area (Å²) in [6, 6.07) is 1.06. The first-order valence-corrected chi connectivity index (χ1v) is 9.89. The maximum Gasteiger partial charge on any atom is 0.455 e. The molecule has 1 heterocycles. The van der Waals surface area contributed by atoms with Crippen molar-refractivity contribution in [3.05, 3.63) is 24.0 Å². The molecule has 1 aromatic carbocycles. The smallest absolute Gasteiger partial charge is 0.455 e. The number of carbonyl (C=O) groups is 3. The number of amides is 3. The van der Waals surface area contributed by atoms with Crippen molar-refractivity contribution < 1.29 is 45.5 Å². The Morgan fingerprint density at radius 2 is 1.79 bits per heavy atom. The van der Waals surface area contributed by atoms with Crippen LogP contribution in [-0.2, 0) is 14.4 Å². The Labute approximate surface area is 184 Å². The Morgan fingerprint density at radius 1 is 1.18 bits per heavy atom. The van der Waals surface area contributed by atoms with Gasteiger partial charge in [-0.05, 0) is 44.7 Å². The highest BCUT2D eigenvalue weighted by molar-refractivity contribution is 6.06. The lowest BCUT2D eigenvalue weighted by Gasteiger charge is -2.39. The van der Waals surface area contributed by atoms with Crippen molar-refractivity contribution >= 4 is 23.4 Å². The molecule has 33 heavy (non-hydrogen) atoms. The van der Waals surface area contributed by atoms with Crippen LogP contribution in [0, 0.1) is 17.2 Å². The van der Waals surface area contributed by atoms with Gasteiger partial charge in [-0.15, -0.1) is 0 Å². The molecule has 1 aromatic rings. The van der Waals surface area contributed by atoms with Gasteiger partial charge in [-0.2, -0.15) is 22.0 Å². The number of nitrogens with zero attached hydrogens (tertiary/aromatic N) is 1. The van der Waals surface area contributed by atoms with Crippen molar-refractivity contribution in [2.75, 3.05) is 11.9 Å². The molecule has 0 unspecified atom stereocenters. The molecule has 3 amide bonds. The lowest BCUT2D eigenvalue weighted by atomic mass is 9.88. The Balaban J connectivity index is 2.11. The number of alkyl halides is 5. The Morgan fingerprint density at radius 3 is 2.30 bits per heavy atom. The zero-order valence-corrected chi connectivity index (χ0v) is 17.5. The number of nitrogens with two attached hydrogens (primary N) is 1. The number of carbonyl (C=O) groups excluding carboxylic acids is 3. The second-order valence-electron chi connectivity index (χ2n) is 8.62. The van der Waals surface area contributed by atoms with Crippen LogP contribution in [0.5, 0.6) is 5.75 Å². The second kappa shape index (κ2) is 8.10. The molecule has 2 atom stereocenters. The SMILES string of the molecule is CC(C)(C(N)=O)C(=O)N(CC(F)(F)C(F)(F)F)[C@H]1C(=O)Nc2cc(F)ccc2O[C@H]1C1CC1. The lowest BCUT2D eigenvalue weighted by Crippen LogP contribution is -2.63. The molecule has 13 heteroatoms. The molecule has 7 nitrogen and oxygen atoms in total. The molecule has 1 aliphatic heterocycles. The molecule has 0 saturated heterocycles. The van der Waals surface area contributed by atoms with E-state index in [1.165, 1.54) is 0 Å². The molecule has 3 N–H and O–H groups in total. The van der Waals surface area contributed by atoms with Crippen LogP contribution in [0.15, 0.2) is 18.2 Å². The molecule has 1 fully saturated rings. The first-order chi connectivity index (χ1) is 15.1. The predicted molar refractivity (Wildman–Crippen MR) is 102 cm³/mol. The third-order valence-electron chi connectivity index (χ3n) is 5.66. The van der Waals surface area contributed by atoms with Gasteiger partial charge in [0.15, 0.2) is 0 Å². The number of benzene rings is 1. The minimum absolute atomic E-state index is 0.00118. The molecule has 3 rings (SSSR count). The molecule has 0 aromatic heterocycles. The number of hydrogen-bond donors (Lipinski definition) is 2. The fourth-order valence-corrected chi connectivity index (χ4v) is 3.43. The summed E-state index contributed by atoms with van der Waals surface area (Å²) in [6.45, 7) is -0.356. The van der Waals surface area contributed by atoms with Crippen LogP contribution in [0.2, 0.25) is 0 Å². The van der Waals surface area contributed by atoms with Crippen molar-refractivity contribution in [1.82, 2.24) is 4.90 Å². The van der Waals surface area contributed by atoms with Gasteiger partial charge in [-0.3, -0.25) is 14.4 Å². The molecule has 0 radical (unpaired) electrons. The summed E-state index contributed by atoms with van der Waals surface area (Å²) < 4.78 is 86.7. The number of ether oxygens (including phenoxy) is 1. The summed E-state index contributed by atoms with van der Waals surface area (Å²) in [5, 5.41) is 2.23. The van der Waals surface area contributed by atoms with Crippen molar-refractivity contribution in [3.8, 4) is 5.75 Å². The highest BCUT2D eigenvalue weighted by Gasteiger charge is 2.61. The van der Waals surface area contributed by atoms with Crippen LogP contribution in [0.25, 0.3) is 0 Å². The van der Waals surface area contributed by atoms with Gasteiger partial charge in [-0.25, -0.2) is 4.39 Å². The van der Waals surface area contributed by atoms with Crippen LogP contribution in [-0.4, -0.2) is 53.4 Å². The van der Waals surface area contributed by atoms with E-state index in [9.17, 15) is 40.7 Å². The molecular formula is C20H21F6N3O4. The van der Waals surface area contributed by atoms with E-state index in [1.54, 1.807) is 0 Å². The summed E-state index contributed by atoms with van der Waals surface area (Å²) in [4.78, 5) is 38.0. The second-order valence-corrected chi connectivity index (χ2v) is 8.62. The van der Waals surface area contributed by atoms with Crippen molar-refractivity contribution in [1.29, 1.82) is 0 Å². The van der Waals surface area contributed by atoms with Gasteiger partial charge in [0, 0.05) is 6.07 Å². The van der Waals surface area contributed by atoms with Crippen LogP contribution in [0.1, 0.15) is 26.7 Å². The van der Waals surface area contributed by atoms with Gasteiger partial charge in [0.2, 0.25) is 11.8 Å². The molecular weight excluding hydrogens is 460 g/mol. The average molecular weight is 481 g/mol. The zero-order valence-electron chi connectivity index (χ0n) is 17.5. The van der Waals surface area contributed by atoms with E-state index < -0.39 is 65.7 Å². The monoisotopic (exact) mass is 481 g/mol. The largest absolute Gasteiger partial charge is 0.485 e. The minimum atomic E-state index is -6.05. The van der Waals surface area contributed by atoms with Crippen LogP contribution < -0.4 is 15.8 Å². The van der Waals surface area contributed by atoms with Crippen molar-refractivity contribution in [2.24, 2.45) is 17.1 Å². The summed E-state index contributed by atoms with van der Waals surface area (Å²) in [5.74, 6) is -10.7. The van der Waals surface area contributed by atoms with Crippen molar-refractivity contribution in [3.63, 3.8) is 0 Å². The maximum atomic E-state index is 14.1. The van der Waals surface area contributed by atoms with Gasteiger partial charge in [0.25, 0.3) is 5.91 Å². The van der Waals surface area contributed by atoms with Crippen LogP contribution in [0.4, 0.5) is 32.0 Å². The fourth-order valence-electron chi connectivity index (χ4n) is 3.43. The predicted octanol–water partition coefficient (Wildman–Crippen LogP) is 2.84. The first kappa shape index (κ1) is 24.6. The molecule has 0 bridgehead atoms. The Kier molecular flexibility index (Phi) is 6.05. The maximum absolute atomic E-state index is 14.1. The van der Waals surface area contributed by atoms with E-state index in [2.05, 4.69) is 5.32 Å². The lowest BCUT2D eigenvalue weighted by molar-refractivity contribution is -0.287. The van der Waals surface area contributed by atoms with E-state index in [4.69, 9.17) is 10.5 Å². The average Bonchev–Trinajstić information content (AvgIpc) is 3.51.